The Morgan fingerprint density at radius 3 is 2.00 bits per heavy atom. The lowest BCUT2D eigenvalue weighted by molar-refractivity contribution is 0.106. The van der Waals surface area contributed by atoms with Crippen LogP contribution in [0.25, 0.3) is 0 Å². The molecule has 3 aromatic rings. The monoisotopic (exact) mass is 376 g/mol. The van der Waals surface area contributed by atoms with Crippen molar-refractivity contribution in [1.29, 1.82) is 0 Å². The standard InChI is InChI=1S/C20H16F4N2O/c21-16-18(17(22)20(24)26-19(16)23)25-10-14-8-4-5-9-15(14)12-27-11-13-6-2-1-3-7-13/h1-9H,10-12H2,(H,25,26). The number of rotatable bonds is 7. The van der Waals surface area contributed by atoms with Crippen LogP contribution in [0.1, 0.15) is 16.7 Å². The Kier molecular flexibility index (Phi) is 6.03. The summed E-state index contributed by atoms with van der Waals surface area (Å²) in [6.45, 7) is 0.644. The molecule has 0 amide bonds. The Balaban J connectivity index is 1.68. The van der Waals surface area contributed by atoms with E-state index in [4.69, 9.17) is 4.74 Å². The molecule has 1 N–H and O–H groups in total. The Hall–Kier alpha value is -2.93. The van der Waals surface area contributed by atoms with Crippen LogP contribution >= 0.6 is 0 Å². The van der Waals surface area contributed by atoms with Gasteiger partial charge in [0, 0.05) is 6.54 Å². The maximum atomic E-state index is 13.7. The van der Waals surface area contributed by atoms with Gasteiger partial charge in [-0.15, -0.1) is 0 Å². The zero-order chi connectivity index (χ0) is 19.2. The lowest BCUT2D eigenvalue weighted by Crippen LogP contribution is -2.10. The number of hydrogen-bond acceptors (Lipinski definition) is 3. The van der Waals surface area contributed by atoms with E-state index in [1.54, 1.807) is 18.2 Å². The summed E-state index contributed by atoms with van der Waals surface area (Å²) < 4.78 is 59.5. The van der Waals surface area contributed by atoms with E-state index in [0.29, 0.717) is 12.2 Å². The van der Waals surface area contributed by atoms with Gasteiger partial charge in [-0.1, -0.05) is 54.6 Å². The second-order valence-corrected chi connectivity index (χ2v) is 5.80. The largest absolute Gasteiger partial charge is 0.376 e. The molecule has 27 heavy (non-hydrogen) atoms. The molecule has 0 saturated carbocycles. The molecule has 3 nitrogen and oxygen atoms in total. The van der Waals surface area contributed by atoms with Gasteiger partial charge in [-0.25, -0.2) is 0 Å². The van der Waals surface area contributed by atoms with E-state index >= 15 is 0 Å². The molecule has 7 heteroatoms. The van der Waals surface area contributed by atoms with Gasteiger partial charge in [-0.2, -0.15) is 22.5 Å². The van der Waals surface area contributed by atoms with Crippen LogP contribution in [0.5, 0.6) is 0 Å². The number of benzene rings is 2. The molecule has 2 aromatic carbocycles. The van der Waals surface area contributed by atoms with E-state index < -0.39 is 29.2 Å². The predicted octanol–water partition coefficient (Wildman–Crippen LogP) is 4.97. The van der Waals surface area contributed by atoms with Crippen molar-refractivity contribution in [1.82, 2.24) is 4.98 Å². The predicted molar refractivity (Wildman–Crippen MR) is 92.8 cm³/mol. The molecule has 0 aliphatic heterocycles. The number of nitrogens with zero attached hydrogens (tertiary/aromatic N) is 1. The van der Waals surface area contributed by atoms with Gasteiger partial charge in [0.05, 0.1) is 13.2 Å². The van der Waals surface area contributed by atoms with Gasteiger partial charge in [0.25, 0.3) is 11.9 Å². The minimum Gasteiger partial charge on any atom is -0.376 e. The topological polar surface area (TPSA) is 34.2 Å². The van der Waals surface area contributed by atoms with E-state index in [-0.39, 0.29) is 13.2 Å². The SMILES string of the molecule is Fc1nc(F)c(F)c(NCc2ccccc2COCc2ccccc2)c1F. The first-order valence-corrected chi connectivity index (χ1v) is 8.18. The maximum Gasteiger partial charge on any atom is 0.253 e. The molecule has 0 spiro atoms. The summed E-state index contributed by atoms with van der Waals surface area (Å²) in [6, 6.07) is 16.7. The van der Waals surface area contributed by atoms with Gasteiger partial charge in [0.15, 0.2) is 0 Å². The molecule has 3 rings (SSSR count). The van der Waals surface area contributed by atoms with E-state index in [1.807, 2.05) is 36.4 Å². The minimum absolute atomic E-state index is 0.0401. The summed E-state index contributed by atoms with van der Waals surface area (Å²) in [5.74, 6) is -6.52. The molecule has 0 radical (unpaired) electrons. The van der Waals surface area contributed by atoms with Crippen molar-refractivity contribution >= 4 is 5.69 Å². The Bertz CT molecular complexity index is 893. The summed E-state index contributed by atoms with van der Waals surface area (Å²) in [4.78, 5) is 2.53. The smallest absolute Gasteiger partial charge is 0.253 e. The molecule has 0 saturated heterocycles. The number of anilines is 1. The number of hydrogen-bond donors (Lipinski definition) is 1. The summed E-state index contributed by atoms with van der Waals surface area (Å²) >= 11 is 0. The zero-order valence-corrected chi connectivity index (χ0v) is 14.2. The third kappa shape index (κ3) is 4.62. The van der Waals surface area contributed by atoms with Crippen molar-refractivity contribution in [3.63, 3.8) is 0 Å². The molecule has 0 aliphatic rings. The van der Waals surface area contributed by atoms with Crippen LogP contribution in [0.3, 0.4) is 0 Å². The lowest BCUT2D eigenvalue weighted by Gasteiger charge is -2.13. The van der Waals surface area contributed by atoms with E-state index in [1.165, 1.54) is 0 Å². The molecular weight excluding hydrogens is 360 g/mol. The molecule has 0 bridgehead atoms. The van der Waals surface area contributed by atoms with Crippen molar-refractivity contribution in [2.24, 2.45) is 0 Å². The second-order valence-electron chi connectivity index (χ2n) is 5.80. The highest BCUT2D eigenvalue weighted by atomic mass is 19.2. The van der Waals surface area contributed by atoms with Crippen molar-refractivity contribution in [2.45, 2.75) is 19.8 Å². The maximum absolute atomic E-state index is 13.7. The van der Waals surface area contributed by atoms with Crippen molar-refractivity contribution < 1.29 is 22.3 Å². The quantitative estimate of drug-likeness (QED) is 0.467. The van der Waals surface area contributed by atoms with Gasteiger partial charge in [0.2, 0.25) is 11.6 Å². The van der Waals surface area contributed by atoms with Crippen molar-refractivity contribution in [3.05, 3.63) is 94.8 Å². The van der Waals surface area contributed by atoms with Crippen LogP contribution in [0.15, 0.2) is 54.6 Å². The Morgan fingerprint density at radius 1 is 0.741 bits per heavy atom. The first-order valence-electron chi connectivity index (χ1n) is 8.18. The third-order valence-electron chi connectivity index (χ3n) is 3.94. The highest BCUT2D eigenvalue weighted by Gasteiger charge is 2.20. The first-order chi connectivity index (χ1) is 13.1. The number of pyridine rings is 1. The Labute approximate surface area is 153 Å². The molecule has 0 atom stereocenters. The van der Waals surface area contributed by atoms with Crippen molar-refractivity contribution in [2.75, 3.05) is 5.32 Å². The zero-order valence-electron chi connectivity index (χ0n) is 14.2. The first kappa shape index (κ1) is 18.8. The molecule has 0 fully saturated rings. The normalized spacial score (nSPS) is 10.8. The molecule has 0 aliphatic carbocycles. The Morgan fingerprint density at radius 2 is 1.33 bits per heavy atom. The van der Waals surface area contributed by atoms with Gasteiger partial charge in [-0.05, 0) is 16.7 Å². The van der Waals surface area contributed by atoms with Gasteiger partial charge in [-0.3, -0.25) is 0 Å². The number of aromatic nitrogens is 1. The molecule has 140 valence electrons. The molecule has 1 aromatic heterocycles. The van der Waals surface area contributed by atoms with Gasteiger partial charge in [0.1, 0.15) is 5.69 Å². The minimum atomic E-state index is -1.70. The second kappa shape index (κ2) is 8.64. The van der Waals surface area contributed by atoms with Crippen molar-refractivity contribution in [3.8, 4) is 0 Å². The number of nitrogens with one attached hydrogen (secondary N) is 1. The lowest BCUT2D eigenvalue weighted by atomic mass is 10.1. The highest BCUT2D eigenvalue weighted by Crippen LogP contribution is 2.23. The van der Waals surface area contributed by atoms with Crippen LogP contribution in [0.4, 0.5) is 23.2 Å². The fourth-order valence-electron chi connectivity index (χ4n) is 2.55. The van der Waals surface area contributed by atoms with Crippen LogP contribution in [-0.4, -0.2) is 4.98 Å². The number of halogens is 4. The average Bonchev–Trinajstić information content (AvgIpc) is 2.68. The van der Waals surface area contributed by atoms with E-state index in [0.717, 1.165) is 11.1 Å². The summed E-state index contributed by atoms with van der Waals surface area (Å²) in [5, 5.41) is 2.40. The fraction of sp³-hybridized carbons (Fsp3) is 0.150. The summed E-state index contributed by atoms with van der Waals surface area (Å²) in [6.07, 6.45) is 0. The molecule has 0 unspecified atom stereocenters. The van der Waals surface area contributed by atoms with Gasteiger partial charge < -0.3 is 10.1 Å². The van der Waals surface area contributed by atoms with Crippen LogP contribution in [0.2, 0.25) is 0 Å². The van der Waals surface area contributed by atoms with E-state index in [2.05, 4.69) is 10.3 Å². The van der Waals surface area contributed by atoms with Crippen LogP contribution in [0, 0.1) is 23.5 Å². The number of ether oxygens (including phenoxy) is 1. The van der Waals surface area contributed by atoms with E-state index in [9.17, 15) is 17.6 Å². The average molecular weight is 376 g/mol. The third-order valence-corrected chi connectivity index (χ3v) is 3.94. The summed E-state index contributed by atoms with van der Waals surface area (Å²) in [5.41, 5.74) is 1.60. The molecule has 1 heterocycles. The van der Waals surface area contributed by atoms with Crippen LogP contribution in [-0.2, 0) is 24.5 Å². The van der Waals surface area contributed by atoms with Gasteiger partial charge >= 0.3 is 0 Å². The van der Waals surface area contributed by atoms with Crippen LogP contribution < -0.4 is 5.32 Å². The highest BCUT2D eigenvalue weighted by molar-refractivity contribution is 5.46. The fourth-order valence-corrected chi connectivity index (χ4v) is 2.55. The summed E-state index contributed by atoms with van der Waals surface area (Å²) in [7, 11) is 0. The molecular formula is C20H16F4N2O.